The Hall–Kier alpha value is -1.42. The van der Waals surface area contributed by atoms with Gasteiger partial charge in [0, 0.05) is 12.6 Å². The van der Waals surface area contributed by atoms with Gasteiger partial charge in [0.05, 0.1) is 16.5 Å². The zero-order valence-electron chi connectivity index (χ0n) is 9.77. The predicted molar refractivity (Wildman–Crippen MR) is 64.7 cm³/mol. The van der Waals surface area contributed by atoms with Gasteiger partial charge in [0.25, 0.3) is 0 Å². The van der Waals surface area contributed by atoms with Crippen molar-refractivity contribution in [3.63, 3.8) is 0 Å². The lowest BCUT2D eigenvalue weighted by Gasteiger charge is -2.13. The van der Waals surface area contributed by atoms with E-state index in [9.17, 15) is 8.42 Å². The van der Waals surface area contributed by atoms with Crippen LogP contribution in [0.3, 0.4) is 0 Å². The van der Waals surface area contributed by atoms with E-state index in [1.165, 1.54) is 12.1 Å². The van der Waals surface area contributed by atoms with Crippen molar-refractivity contribution < 1.29 is 8.42 Å². The molecule has 0 amide bonds. The fourth-order valence-corrected chi connectivity index (χ4v) is 2.88. The second-order valence-electron chi connectivity index (χ2n) is 3.85. The summed E-state index contributed by atoms with van der Waals surface area (Å²) >= 11 is 0. The normalized spacial score (nSPS) is 13.1. The third-order valence-electron chi connectivity index (χ3n) is 2.30. The van der Waals surface area contributed by atoms with Crippen LogP contribution in [0.25, 0.3) is 0 Å². The molecule has 0 saturated carbocycles. The molecule has 0 aliphatic rings. The Bertz CT molecular complexity index is 546. The van der Waals surface area contributed by atoms with E-state index in [0.29, 0.717) is 11.1 Å². The molecule has 0 radical (unpaired) electrons. The number of hydrogen-bond donors (Lipinski definition) is 2. The molecule has 0 aliphatic carbocycles. The number of sulfonamides is 1. The lowest BCUT2D eigenvalue weighted by atomic mass is 10.2. The first kappa shape index (κ1) is 13.6. The number of nitrogens with zero attached hydrogens (tertiary/aromatic N) is 1. The van der Waals surface area contributed by atoms with Crippen molar-refractivity contribution in [2.45, 2.75) is 24.8 Å². The molecule has 0 spiro atoms. The summed E-state index contributed by atoms with van der Waals surface area (Å²) < 4.78 is 26.4. The van der Waals surface area contributed by atoms with Crippen LogP contribution in [0.2, 0.25) is 0 Å². The highest BCUT2D eigenvalue weighted by molar-refractivity contribution is 7.89. The predicted octanol–water partition coefficient (Wildman–Crippen LogP) is 0.492. The third-order valence-corrected chi connectivity index (χ3v) is 4.05. The Labute approximate surface area is 101 Å². The van der Waals surface area contributed by atoms with Gasteiger partial charge in [-0.3, -0.25) is 0 Å². The zero-order chi connectivity index (χ0) is 13.1. The van der Waals surface area contributed by atoms with E-state index in [1.54, 1.807) is 19.9 Å². The maximum Gasteiger partial charge on any atom is 0.241 e. The molecule has 0 saturated heterocycles. The van der Waals surface area contributed by atoms with E-state index in [-0.39, 0.29) is 17.5 Å². The van der Waals surface area contributed by atoms with Gasteiger partial charge in [-0.25, -0.2) is 13.1 Å². The molecule has 0 aromatic heterocycles. The van der Waals surface area contributed by atoms with Crippen molar-refractivity contribution in [3.8, 4) is 6.07 Å². The first-order valence-electron chi connectivity index (χ1n) is 5.14. The van der Waals surface area contributed by atoms with Crippen LogP contribution in [0.4, 0.5) is 0 Å². The quantitative estimate of drug-likeness (QED) is 0.816. The second kappa shape index (κ2) is 5.27. The van der Waals surface area contributed by atoms with Crippen molar-refractivity contribution >= 4 is 10.0 Å². The summed E-state index contributed by atoms with van der Waals surface area (Å²) in [4.78, 5) is 0.178. The van der Waals surface area contributed by atoms with Crippen LogP contribution < -0.4 is 10.5 Å². The Kier molecular flexibility index (Phi) is 4.23. The van der Waals surface area contributed by atoms with E-state index in [4.69, 9.17) is 11.0 Å². The molecule has 0 fully saturated rings. The minimum atomic E-state index is -3.57. The highest BCUT2D eigenvalue weighted by Crippen LogP contribution is 2.16. The van der Waals surface area contributed by atoms with Crippen LogP contribution in [0, 0.1) is 18.3 Å². The number of benzene rings is 1. The van der Waals surface area contributed by atoms with Crippen molar-refractivity contribution in [1.82, 2.24) is 4.72 Å². The lowest BCUT2D eigenvalue weighted by Crippen LogP contribution is -2.38. The number of nitrogens with one attached hydrogen (secondary N) is 1. The van der Waals surface area contributed by atoms with Gasteiger partial charge in [0.2, 0.25) is 10.0 Å². The molecule has 3 N–H and O–H groups in total. The summed E-state index contributed by atoms with van der Waals surface area (Å²) in [6, 6.07) is 6.09. The number of hydrogen-bond acceptors (Lipinski definition) is 4. The lowest BCUT2D eigenvalue weighted by molar-refractivity contribution is 0.562. The monoisotopic (exact) mass is 253 g/mol. The fourth-order valence-electron chi connectivity index (χ4n) is 1.40. The molecule has 17 heavy (non-hydrogen) atoms. The van der Waals surface area contributed by atoms with Gasteiger partial charge >= 0.3 is 0 Å². The molecule has 1 aromatic carbocycles. The molecule has 0 unspecified atom stereocenters. The molecule has 92 valence electrons. The maximum absolute atomic E-state index is 12.0. The van der Waals surface area contributed by atoms with E-state index in [1.807, 2.05) is 6.07 Å². The number of rotatable bonds is 4. The van der Waals surface area contributed by atoms with Gasteiger partial charge in [-0.1, -0.05) is 0 Å². The van der Waals surface area contributed by atoms with Gasteiger partial charge in [-0.2, -0.15) is 5.26 Å². The minimum Gasteiger partial charge on any atom is -0.329 e. The largest absolute Gasteiger partial charge is 0.329 e. The van der Waals surface area contributed by atoms with Gasteiger partial charge < -0.3 is 5.73 Å². The molecule has 5 nitrogen and oxygen atoms in total. The first-order chi connectivity index (χ1) is 7.90. The first-order valence-corrected chi connectivity index (χ1v) is 6.62. The Balaban J connectivity index is 3.13. The minimum absolute atomic E-state index is 0.178. The van der Waals surface area contributed by atoms with E-state index in [0.717, 1.165) is 0 Å². The van der Waals surface area contributed by atoms with E-state index < -0.39 is 10.0 Å². The standard InChI is InChI=1S/C11H15N3O2S/c1-8-5-10(7-13)3-4-11(8)17(15,16)14-9(2)6-12/h3-5,9,14H,6,12H2,1-2H3/t9-/m1/s1. The highest BCUT2D eigenvalue weighted by atomic mass is 32.2. The zero-order valence-corrected chi connectivity index (χ0v) is 10.6. The summed E-state index contributed by atoms with van der Waals surface area (Å²) in [5.41, 5.74) is 6.35. The highest BCUT2D eigenvalue weighted by Gasteiger charge is 2.18. The molecular formula is C11H15N3O2S. The van der Waals surface area contributed by atoms with Gasteiger partial charge in [0.1, 0.15) is 0 Å². The van der Waals surface area contributed by atoms with Crippen LogP contribution in [-0.4, -0.2) is 21.0 Å². The Morgan fingerprint density at radius 2 is 2.18 bits per heavy atom. The Morgan fingerprint density at radius 1 is 1.53 bits per heavy atom. The summed E-state index contributed by atoms with van der Waals surface area (Å²) in [5, 5.41) is 8.71. The number of aryl methyl sites for hydroxylation is 1. The van der Waals surface area contributed by atoms with Gasteiger partial charge in [0.15, 0.2) is 0 Å². The van der Waals surface area contributed by atoms with E-state index in [2.05, 4.69) is 4.72 Å². The maximum atomic E-state index is 12.0. The summed E-state index contributed by atoms with van der Waals surface area (Å²) in [6.45, 7) is 3.58. The Morgan fingerprint density at radius 3 is 2.65 bits per heavy atom. The van der Waals surface area contributed by atoms with Gasteiger partial charge in [-0.05, 0) is 37.6 Å². The molecular weight excluding hydrogens is 238 g/mol. The smallest absolute Gasteiger partial charge is 0.241 e. The SMILES string of the molecule is Cc1cc(C#N)ccc1S(=O)(=O)N[C@H](C)CN. The van der Waals surface area contributed by atoms with Crippen LogP contribution in [0.1, 0.15) is 18.1 Å². The number of nitrogens with two attached hydrogens (primary N) is 1. The van der Waals surface area contributed by atoms with Crippen molar-refractivity contribution in [2.24, 2.45) is 5.73 Å². The number of nitriles is 1. The molecule has 0 heterocycles. The average Bonchev–Trinajstić information content (AvgIpc) is 2.27. The molecule has 1 rings (SSSR count). The molecule has 1 atom stereocenters. The molecule has 0 aliphatic heterocycles. The molecule has 1 aromatic rings. The fraction of sp³-hybridized carbons (Fsp3) is 0.364. The summed E-state index contributed by atoms with van der Waals surface area (Å²) in [5.74, 6) is 0. The topological polar surface area (TPSA) is 96.0 Å². The second-order valence-corrected chi connectivity index (χ2v) is 5.53. The van der Waals surface area contributed by atoms with Crippen LogP contribution in [0.15, 0.2) is 23.1 Å². The van der Waals surface area contributed by atoms with Crippen molar-refractivity contribution in [2.75, 3.05) is 6.54 Å². The van der Waals surface area contributed by atoms with Crippen LogP contribution in [0.5, 0.6) is 0 Å². The van der Waals surface area contributed by atoms with Crippen molar-refractivity contribution in [1.29, 1.82) is 5.26 Å². The summed E-state index contributed by atoms with van der Waals surface area (Å²) in [6.07, 6.45) is 0. The molecule has 0 bridgehead atoms. The van der Waals surface area contributed by atoms with Crippen LogP contribution in [-0.2, 0) is 10.0 Å². The van der Waals surface area contributed by atoms with E-state index >= 15 is 0 Å². The third kappa shape index (κ3) is 3.27. The van der Waals surface area contributed by atoms with Crippen molar-refractivity contribution in [3.05, 3.63) is 29.3 Å². The summed E-state index contributed by atoms with van der Waals surface area (Å²) in [7, 11) is -3.57. The van der Waals surface area contributed by atoms with Gasteiger partial charge in [-0.15, -0.1) is 0 Å². The van der Waals surface area contributed by atoms with Crippen LogP contribution >= 0.6 is 0 Å². The average molecular weight is 253 g/mol. The molecule has 6 heteroatoms.